The highest BCUT2D eigenvalue weighted by Gasteiger charge is 2.21. The molecule has 0 radical (unpaired) electrons. The standard InChI is InChI=1S/C7H11ClN4S/c1-7(2,8)4-10-5(9)12-6(11-4)13-3/h1-3H3,(H2,9,10,11,12). The zero-order chi connectivity index (χ0) is 10.1. The maximum absolute atomic E-state index is 6.04. The Bertz CT molecular complexity index is 310. The Morgan fingerprint density at radius 3 is 2.38 bits per heavy atom. The molecule has 0 saturated carbocycles. The van der Waals surface area contributed by atoms with E-state index in [4.69, 9.17) is 17.3 Å². The first-order valence-electron chi connectivity index (χ1n) is 3.68. The zero-order valence-electron chi connectivity index (χ0n) is 7.71. The van der Waals surface area contributed by atoms with Gasteiger partial charge in [-0.05, 0) is 20.1 Å². The molecule has 0 bridgehead atoms. The number of rotatable bonds is 2. The summed E-state index contributed by atoms with van der Waals surface area (Å²) in [6.07, 6.45) is 1.87. The summed E-state index contributed by atoms with van der Waals surface area (Å²) in [6, 6.07) is 0. The van der Waals surface area contributed by atoms with Crippen LogP contribution in [0.15, 0.2) is 5.16 Å². The van der Waals surface area contributed by atoms with Crippen molar-refractivity contribution in [2.24, 2.45) is 0 Å². The van der Waals surface area contributed by atoms with Crippen molar-refractivity contribution in [3.8, 4) is 0 Å². The van der Waals surface area contributed by atoms with Gasteiger partial charge in [-0.15, -0.1) is 11.6 Å². The number of thioether (sulfide) groups is 1. The number of nitrogen functional groups attached to an aromatic ring is 1. The summed E-state index contributed by atoms with van der Waals surface area (Å²) in [6.45, 7) is 3.63. The first kappa shape index (κ1) is 10.5. The number of nitrogens with zero attached hydrogens (tertiary/aromatic N) is 3. The van der Waals surface area contributed by atoms with Gasteiger partial charge in [0.25, 0.3) is 0 Å². The fourth-order valence-electron chi connectivity index (χ4n) is 0.729. The number of nitrogens with two attached hydrogens (primary N) is 1. The number of anilines is 1. The molecule has 0 saturated heterocycles. The molecular formula is C7H11ClN4S. The largest absolute Gasteiger partial charge is 0.368 e. The van der Waals surface area contributed by atoms with Crippen LogP contribution in [0.5, 0.6) is 0 Å². The predicted octanol–water partition coefficient (Wildman–Crippen LogP) is 1.65. The normalized spacial score (nSPS) is 11.7. The van der Waals surface area contributed by atoms with Crippen LogP contribution in [0.25, 0.3) is 0 Å². The van der Waals surface area contributed by atoms with Gasteiger partial charge in [0.15, 0.2) is 11.0 Å². The lowest BCUT2D eigenvalue weighted by molar-refractivity contribution is 0.665. The van der Waals surface area contributed by atoms with Crippen molar-refractivity contribution in [1.82, 2.24) is 15.0 Å². The first-order valence-corrected chi connectivity index (χ1v) is 5.28. The highest BCUT2D eigenvalue weighted by Crippen LogP contribution is 2.25. The van der Waals surface area contributed by atoms with Crippen molar-refractivity contribution in [3.05, 3.63) is 5.82 Å². The summed E-state index contributed by atoms with van der Waals surface area (Å²) in [5.74, 6) is 0.717. The van der Waals surface area contributed by atoms with E-state index in [9.17, 15) is 0 Å². The van der Waals surface area contributed by atoms with Crippen LogP contribution in [0.2, 0.25) is 0 Å². The average Bonchev–Trinajstić information content (AvgIpc) is 2.01. The lowest BCUT2D eigenvalue weighted by Gasteiger charge is -2.13. The second-order valence-corrected chi connectivity index (χ2v) is 4.69. The molecule has 0 aliphatic heterocycles. The van der Waals surface area contributed by atoms with Crippen molar-refractivity contribution in [2.45, 2.75) is 23.9 Å². The van der Waals surface area contributed by atoms with Crippen molar-refractivity contribution < 1.29 is 0 Å². The molecule has 2 N–H and O–H groups in total. The van der Waals surface area contributed by atoms with Gasteiger partial charge in [-0.2, -0.15) is 9.97 Å². The third-order valence-corrected chi connectivity index (χ3v) is 2.06. The molecule has 0 aliphatic carbocycles. The van der Waals surface area contributed by atoms with E-state index in [2.05, 4.69) is 15.0 Å². The maximum Gasteiger partial charge on any atom is 0.224 e. The second kappa shape index (κ2) is 3.67. The number of halogens is 1. The van der Waals surface area contributed by atoms with Gasteiger partial charge in [0.1, 0.15) is 0 Å². The Labute approximate surface area is 86.3 Å². The van der Waals surface area contributed by atoms with E-state index in [0.29, 0.717) is 11.0 Å². The molecule has 0 aromatic carbocycles. The summed E-state index contributed by atoms with van der Waals surface area (Å²) in [4.78, 5) is 11.4. The topological polar surface area (TPSA) is 64.7 Å². The Hall–Kier alpha value is -0.550. The third-order valence-electron chi connectivity index (χ3n) is 1.35. The molecule has 1 aromatic heterocycles. The summed E-state index contributed by atoms with van der Waals surface area (Å²) in [5, 5.41) is 0.594. The van der Waals surface area contributed by atoms with Gasteiger partial charge in [0.05, 0.1) is 4.87 Å². The van der Waals surface area contributed by atoms with Gasteiger partial charge in [-0.25, -0.2) is 4.98 Å². The smallest absolute Gasteiger partial charge is 0.224 e. The molecule has 0 unspecified atom stereocenters. The zero-order valence-corrected chi connectivity index (χ0v) is 9.28. The Morgan fingerprint density at radius 1 is 1.31 bits per heavy atom. The van der Waals surface area contributed by atoms with Crippen LogP contribution in [0, 0.1) is 0 Å². The fourth-order valence-corrected chi connectivity index (χ4v) is 1.18. The third kappa shape index (κ3) is 2.70. The number of hydrogen-bond donors (Lipinski definition) is 1. The van der Waals surface area contributed by atoms with Crippen LogP contribution >= 0.6 is 23.4 Å². The molecule has 0 spiro atoms. The van der Waals surface area contributed by atoms with Crippen LogP contribution < -0.4 is 5.73 Å². The van der Waals surface area contributed by atoms with E-state index in [1.165, 1.54) is 11.8 Å². The molecule has 13 heavy (non-hydrogen) atoms. The molecular weight excluding hydrogens is 208 g/mol. The van der Waals surface area contributed by atoms with Crippen LogP contribution in [0.4, 0.5) is 5.95 Å². The van der Waals surface area contributed by atoms with Crippen LogP contribution in [0.3, 0.4) is 0 Å². The Morgan fingerprint density at radius 2 is 1.92 bits per heavy atom. The van der Waals surface area contributed by atoms with Gasteiger partial charge in [-0.3, -0.25) is 0 Å². The van der Waals surface area contributed by atoms with E-state index in [1.54, 1.807) is 0 Å². The minimum atomic E-state index is -0.610. The molecule has 1 aromatic rings. The quantitative estimate of drug-likeness (QED) is 0.604. The highest BCUT2D eigenvalue weighted by molar-refractivity contribution is 7.98. The minimum Gasteiger partial charge on any atom is -0.368 e. The van der Waals surface area contributed by atoms with Crippen LogP contribution in [-0.4, -0.2) is 21.2 Å². The average molecular weight is 219 g/mol. The molecule has 6 heteroatoms. The van der Waals surface area contributed by atoms with E-state index >= 15 is 0 Å². The summed E-state index contributed by atoms with van der Waals surface area (Å²) in [5.41, 5.74) is 5.50. The van der Waals surface area contributed by atoms with Crippen molar-refractivity contribution in [3.63, 3.8) is 0 Å². The summed E-state index contributed by atoms with van der Waals surface area (Å²) in [7, 11) is 0. The van der Waals surface area contributed by atoms with E-state index in [1.807, 2.05) is 20.1 Å². The molecule has 4 nitrogen and oxygen atoms in total. The van der Waals surface area contributed by atoms with Crippen molar-refractivity contribution in [2.75, 3.05) is 12.0 Å². The Balaban J connectivity index is 3.16. The number of aromatic nitrogens is 3. The van der Waals surface area contributed by atoms with Gasteiger partial charge in [-0.1, -0.05) is 11.8 Å². The van der Waals surface area contributed by atoms with Crippen LogP contribution in [0.1, 0.15) is 19.7 Å². The van der Waals surface area contributed by atoms with E-state index in [-0.39, 0.29) is 5.95 Å². The van der Waals surface area contributed by atoms with Gasteiger partial charge >= 0.3 is 0 Å². The summed E-state index contributed by atoms with van der Waals surface area (Å²) < 4.78 is 0. The number of hydrogen-bond acceptors (Lipinski definition) is 5. The van der Waals surface area contributed by atoms with Gasteiger partial charge < -0.3 is 5.73 Å². The lowest BCUT2D eigenvalue weighted by atomic mass is 10.2. The first-order chi connectivity index (χ1) is 5.93. The highest BCUT2D eigenvalue weighted by atomic mass is 35.5. The molecule has 72 valence electrons. The van der Waals surface area contributed by atoms with Gasteiger partial charge in [0.2, 0.25) is 5.95 Å². The maximum atomic E-state index is 6.04. The van der Waals surface area contributed by atoms with Crippen molar-refractivity contribution in [1.29, 1.82) is 0 Å². The van der Waals surface area contributed by atoms with Gasteiger partial charge in [0, 0.05) is 0 Å². The summed E-state index contributed by atoms with van der Waals surface area (Å²) >= 11 is 7.45. The molecule has 1 rings (SSSR count). The van der Waals surface area contributed by atoms with E-state index < -0.39 is 4.87 Å². The lowest BCUT2D eigenvalue weighted by Crippen LogP contribution is -2.15. The van der Waals surface area contributed by atoms with Crippen molar-refractivity contribution >= 4 is 29.3 Å². The van der Waals surface area contributed by atoms with Crippen LogP contribution in [-0.2, 0) is 4.87 Å². The molecule has 1 heterocycles. The SMILES string of the molecule is CSc1nc(N)nc(C(C)(C)Cl)n1. The van der Waals surface area contributed by atoms with E-state index in [0.717, 1.165) is 0 Å². The monoisotopic (exact) mass is 218 g/mol. The molecule has 0 amide bonds. The molecule has 0 aliphatic rings. The number of alkyl halides is 1. The second-order valence-electron chi connectivity index (χ2n) is 2.98. The molecule has 0 fully saturated rings. The molecule has 0 atom stereocenters. The Kier molecular flexibility index (Phi) is 2.98. The fraction of sp³-hybridized carbons (Fsp3) is 0.571. The predicted molar refractivity (Wildman–Crippen MR) is 54.9 cm³/mol. The minimum absolute atomic E-state index is 0.211.